The molecule has 2 heteroatoms. The number of rotatable bonds is 3. The molecule has 1 aromatic carbocycles. The van der Waals surface area contributed by atoms with Crippen LogP contribution in [0.2, 0.25) is 0 Å². The highest BCUT2D eigenvalue weighted by Gasteiger charge is 1.88. The van der Waals surface area contributed by atoms with Crippen LogP contribution in [0.4, 0.5) is 0 Å². The molecular weight excluding hydrogens is 216 g/mol. The number of alkyl halides is 1. The van der Waals surface area contributed by atoms with Crippen LogP contribution in [0.1, 0.15) is 5.56 Å². The standard InChI is InChI=1S/C10H11BrO/c1-12-10-6-4-9(5-7-10)3-2-8-11/h2-7H,8H2,1H3. The van der Waals surface area contributed by atoms with Gasteiger partial charge in [-0.2, -0.15) is 0 Å². The van der Waals surface area contributed by atoms with Gasteiger partial charge < -0.3 is 4.74 Å². The van der Waals surface area contributed by atoms with Crippen LogP contribution in [0.5, 0.6) is 5.75 Å². The third-order valence-electron chi connectivity index (χ3n) is 1.52. The molecule has 0 aliphatic heterocycles. The lowest BCUT2D eigenvalue weighted by Crippen LogP contribution is -1.81. The summed E-state index contributed by atoms with van der Waals surface area (Å²) >= 11 is 3.32. The maximum Gasteiger partial charge on any atom is 0.118 e. The van der Waals surface area contributed by atoms with E-state index < -0.39 is 0 Å². The van der Waals surface area contributed by atoms with Gasteiger partial charge in [0.1, 0.15) is 5.75 Å². The molecule has 0 atom stereocenters. The van der Waals surface area contributed by atoms with E-state index in [1.807, 2.05) is 24.3 Å². The van der Waals surface area contributed by atoms with Crippen molar-refractivity contribution < 1.29 is 4.74 Å². The maximum atomic E-state index is 5.04. The molecule has 0 bridgehead atoms. The van der Waals surface area contributed by atoms with E-state index in [1.165, 1.54) is 5.56 Å². The Hall–Kier alpha value is -0.760. The smallest absolute Gasteiger partial charge is 0.118 e. The molecule has 0 saturated carbocycles. The van der Waals surface area contributed by atoms with Crippen LogP contribution in [0.15, 0.2) is 30.3 Å². The molecule has 0 amide bonds. The van der Waals surface area contributed by atoms with Crippen molar-refractivity contribution in [2.45, 2.75) is 0 Å². The lowest BCUT2D eigenvalue weighted by molar-refractivity contribution is 0.415. The van der Waals surface area contributed by atoms with Crippen molar-refractivity contribution in [3.05, 3.63) is 35.9 Å². The molecule has 0 radical (unpaired) electrons. The first-order valence-corrected chi connectivity index (χ1v) is 4.85. The third kappa shape index (κ3) is 2.70. The van der Waals surface area contributed by atoms with E-state index in [9.17, 15) is 0 Å². The summed E-state index contributed by atoms with van der Waals surface area (Å²) in [6.45, 7) is 0. The molecule has 0 unspecified atom stereocenters. The van der Waals surface area contributed by atoms with Gasteiger partial charge in [-0.15, -0.1) is 0 Å². The van der Waals surface area contributed by atoms with Crippen LogP contribution < -0.4 is 4.74 Å². The number of benzene rings is 1. The third-order valence-corrected chi connectivity index (χ3v) is 1.89. The van der Waals surface area contributed by atoms with E-state index in [4.69, 9.17) is 4.74 Å². The Labute approximate surface area is 81.2 Å². The molecule has 0 aliphatic rings. The molecule has 0 aliphatic carbocycles. The lowest BCUT2D eigenvalue weighted by atomic mass is 10.2. The fourth-order valence-electron chi connectivity index (χ4n) is 0.896. The first kappa shape index (κ1) is 9.33. The van der Waals surface area contributed by atoms with Crippen molar-refractivity contribution in [2.75, 3.05) is 12.4 Å². The monoisotopic (exact) mass is 226 g/mol. The molecule has 12 heavy (non-hydrogen) atoms. The van der Waals surface area contributed by atoms with Gasteiger partial charge in [-0.3, -0.25) is 0 Å². The van der Waals surface area contributed by atoms with E-state index in [0.29, 0.717) is 0 Å². The molecular formula is C10H11BrO. The molecule has 1 aromatic rings. The van der Waals surface area contributed by atoms with Gasteiger partial charge in [0, 0.05) is 5.33 Å². The minimum atomic E-state index is 0.888. The summed E-state index contributed by atoms with van der Waals surface area (Å²) in [7, 11) is 1.67. The zero-order chi connectivity index (χ0) is 8.81. The summed E-state index contributed by atoms with van der Waals surface area (Å²) in [5, 5.41) is 0.888. The van der Waals surface area contributed by atoms with Crippen molar-refractivity contribution in [3.63, 3.8) is 0 Å². The number of methoxy groups -OCH3 is 1. The van der Waals surface area contributed by atoms with E-state index in [1.54, 1.807) is 7.11 Å². The number of hydrogen-bond donors (Lipinski definition) is 0. The van der Waals surface area contributed by atoms with Gasteiger partial charge in [-0.05, 0) is 17.7 Å². The van der Waals surface area contributed by atoms with Crippen LogP contribution in [0, 0.1) is 0 Å². The Morgan fingerprint density at radius 2 is 2.00 bits per heavy atom. The summed E-state index contributed by atoms with van der Waals surface area (Å²) in [6.07, 6.45) is 4.12. The largest absolute Gasteiger partial charge is 0.497 e. The minimum absolute atomic E-state index is 0.888. The molecule has 1 rings (SSSR count). The van der Waals surface area contributed by atoms with Gasteiger partial charge in [0.15, 0.2) is 0 Å². The highest BCUT2D eigenvalue weighted by atomic mass is 79.9. The normalized spacial score (nSPS) is 10.5. The molecule has 0 aromatic heterocycles. The van der Waals surface area contributed by atoms with Gasteiger partial charge in [0.2, 0.25) is 0 Å². The summed E-state index contributed by atoms with van der Waals surface area (Å²) in [6, 6.07) is 7.96. The van der Waals surface area contributed by atoms with Crippen LogP contribution in [0.25, 0.3) is 6.08 Å². The molecule has 0 fully saturated rings. The van der Waals surface area contributed by atoms with Crippen molar-refractivity contribution in [1.29, 1.82) is 0 Å². The summed E-state index contributed by atoms with van der Waals surface area (Å²) in [5.74, 6) is 0.894. The number of allylic oxidation sites excluding steroid dienone is 1. The van der Waals surface area contributed by atoms with Crippen molar-refractivity contribution in [3.8, 4) is 5.75 Å². The highest BCUT2D eigenvalue weighted by molar-refractivity contribution is 9.09. The second kappa shape index (κ2) is 4.99. The quantitative estimate of drug-likeness (QED) is 0.721. The Balaban J connectivity index is 2.71. The Bertz CT molecular complexity index is 251. The van der Waals surface area contributed by atoms with E-state index in [-0.39, 0.29) is 0 Å². The molecule has 64 valence electrons. The predicted molar refractivity (Wildman–Crippen MR) is 55.8 cm³/mol. The summed E-state index contributed by atoms with van der Waals surface area (Å²) < 4.78 is 5.04. The first-order chi connectivity index (χ1) is 5.86. The summed E-state index contributed by atoms with van der Waals surface area (Å²) in [5.41, 5.74) is 1.19. The van der Waals surface area contributed by atoms with E-state index in [2.05, 4.69) is 28.1 Å². The van der Waals surface area contributed by atoms with Gasteiger partial charge in [-0.1, -0.05) is 40.2 Å². The van der Waals surface area contributed by atoms with Crippen LogP contribution in [0.3, 0.4) is 0 Å². The van der Waals surface area contributed by atoms with E-state index >= 15 is 0 Å². The second-order valence-corrected chi connectivity index (χ2v) is 2.98. The average Bonchev–Trinajstić information content (AvgIpc) is 2.15. The Morgan fingerprint density at radius 1 is 1.33 bits per heavy atom. The first-order valence-electron chi connectivity index (χ1n) is 3.73. The maximum absolute atomic E-state index is 5.04. The minimum Gasteiger partial charge on any atom is -0.497 e. The molecule has 0 saturated heterocycles. The van der Waals surface area contributed by atoms with Crippen LogP contribution in [-0.4, -0.2) is 12.4 Å². The highest BCUT2D eigenvalue weighted by Crippen LogP contribution is 2.12. The van der Waals surface area contributed by atoms with Crippen molar-refractivity contribution >= 4 is 22.0 Å². The van der Waals surface area contributed by atoms with Crippen LogP contribution in [-0.2, 0) is 0 Å². The average molecular weight is 227 g/mol. The fraction of sp³-hybridized carbons (Fsp3) is 0.200. The molecule has 0 spiro atoms. The Kier molecular flexibility index (Phi) is 3.88. The SMILES string of the molecule is COc1ccc(C=CCBr)cc1. The number of ether oxygens (including phenoxy) is 1. The fourth-order valence-corrected chi connectivity index (χ4v) is 1.08. The predicted octanol–water partition coefficient (Wildman–Crippen LogP) is 3.10. The van der Waals surface area contributed by atoms with Gasteiger partial charge in [-0.25, -0.2) is 0 Å². The molecule has 0 N–H and O–H groups in total. The zero-order valence-corrected chi connectivity index (χ0v) is 8.54. The Morgan fingerprint density at radius 3 is 2.50 bits per heavy atom. The van der Waals surface area contributed by atoms with Crippen molar-refractivity contribution in [2.24, 2.45) is 0 Å². The zero-order valence-electron chi connectivity index (χ0n) is 6.96. The second-order valence-electron chi connectivity index (χ2n) is 2.33. The van der Waals surface area contributed by atoms with Gasteiger partial charge in [0.25, 0.3) is 0 Å². The molecule has 1 nitrogen and oxygen atoms in total. The van der Waals surface area contributed by atoms with E-state index in [0.717, 1.165) is 11.1 Å². The van der Waals surface area contributed by atoms with Crippen LogP contribution >= 0.6 is 15.9 Å². The lowest BCUT2D eigenvalue weighted by Gasteiger charge is -1.98. The van der Waals surface area contributed by atoms with Gasteiger partial charge in [0.05, 0.1) is 7.11 Å². The summed E-state index contributed by atoms with van der Waals surface area (Å²) in [4.78, 5) is 0. The van der Waals surface area contributed by atoms with Gasteiger partial charge >= 0.3 is 0 Å². The number of hydrogen-bond acceptors (Lipinski definition) is 1. The number of halogens is 1. The van der Waals surface area contributed by atoms with Crippen molar-refractivity contribution in [1.82, 2.24) is 0 Å². The topological polar surface area (TPSA) is 9.23 Å². The molecule has 0 heterocycles.